The Morgan fingerprint density at radius 2 is 2.00 bits per heavy atom. The molecule has 100 valence electrons. The molecule has 5 nitrogen and oxygen atoms in total. The van der Waals surface area contributed by atoms with Crippen LogP contribution in [0.5, 0.6) is 0 Å². The summed E-state index contributed by atoms with van der Waals surface area (Å²) >= 11 is 0. The largest absolute Gasteiger partial charge is 0.337 e. The highest BCUT2D eigenvalue weighted by Gasteiger charge is 2.13. The van der Waals surface area contributed by atoms with Crippen molar-refractivity contribution >= 4 is 5.91 Å². The third-order valence-electron chi connectivity index (χ3n) is 2.93. The molecule has 0 N–H and O–H groups in total. The Morgan fingerprint density at radius 3 is 2.58 bits per heavy atom. The van der Waals surface area contributed by atoms with E-state index in [4.69, 9.17) is 4.52 Å². The van der Waals surface area contributed by atoms with Crippen LogP contribution in [0.15, 0.2) is 28.8 Å². The van der Waals surface area contributed by atoms with Gasteiger partial charge < -0.3 is 9.42 Å². The number of hydrogen-bond acceptors (Lipinski definition) is 4. The van der Waals surface area contributed by atoms with Crippen molar-refractivity contribution in [3.05, 3.63) is 35.7 Å². The molecule has 0 saturated heterocycles. The van der Waals surface area contributed by atoms with E-state index >= 15 is 0 Å². The lowest BCUT2D eigenvalue weighted by molar-refractivity contribution is -0.129. The summed E-state index contributed by atoms with van der Waals surface area (Å²) in [5.74, 6) is 1.000. The molecule has 0 aliphatic rings. The quantitative estimate of drug-likeness (QED) is 0.846. The van der Waals surface area contributed by atoms with Crippen LogP contribution in [0.1, 0.15) is 25.3 Å². The highest BCUT2D eigenvalue weighted by Crippen LogP contribution is 2.16. The Morgan fingerprint density at radius 1 is 1.32 bits per heavy atom. The van der Waals surface area contributed by atoms with Crippen LogP contribution in [0.3, 0.4) is 0 Å². The van der Waals surface area contributed by atoms with Gasteiger partial charge in [0.1, 0.15) is 0 Å². The maximum atomic E-state index is 11.3. The summed E-state index contributed by atoms with van der Waals surface area (Å²) in [6.45, 7) is 6.44. The zero-order chi connectivity index (χ0) is 13.8. The van der Waals surface area contributed by atoms with Gasteiger partial charge in [-0.15, -0.1) is 0 Å². The predicted octanol–water partition coefficient (Wildman–Crippen LogP) is 2.41. The monoisotopic (exact) mass is 259 g/mol. The normalized spacial score (nSPS) is 10.5. The lowest BCUT2D eigenvalue weighted by Gasteiger charge is -2.15. The van der Waals surface area contributed by atoms with E-state index in [1.807, 2.05) is 38.1 Å². The molecular weight excluding hydrogens is 242 g/mol. The van der Waals surface area contributed by atoms with E-state index in [1.54, 1.807) is 4.90 Å². The van der Waals surface area contributed by atoms with E-state index < -0.39 is 0 Å². The van der Waals surface area contributed by atoms with Gasteiger partial charge in [-0.05, 0) is 13.8 Å². The molecule has 2 aromatic rings. The standard InChI is InChI=1S/C14H17N3O2/c1-4-17(11(3)18)9-13-15-14(16-19-13)12-7-5-10(2)6-8-12/h5-8H,4,9H2,1-3H3. The number of benzene rings is 1. The summed E-state index contributed by atoms with van der Waals surface area (Å²) in [6, 6.07) is 7.90. The summed E-state index contributed by atoms with van der Waals surface area (Å²) < 4.78 is 5.18. The molecule has 1 heterocycles. The molecule has 19 heavy (non-hydrogen) atoms. The maximum absolute atomic E-state index is 11.3. The molecule has 0 atom stereocenters. The highest BCUT2D eigenvalue weighted by molar-refractivity contribution is 5.73. The minimum absolute atomic E-state index is 0.00224. The molecule has 0 aliphatic heterocycles. The van der Waals surface area contributed by atoms with Crippen LogP contribution in [-0.4, -0.2) is 27.5 Å². The van der Waals surface area contributed by atoms with E-state index in [0.717, 1.165) is 5.56 Å². The van der Waals surface area contributed by atoms with Crippen LogP contribution >= 0.6 is 0 Å². The number of hydrogen-bond donors (Lipinski definition) is 0. The second-order valence-electron chi connectivity index (χ2n) is 4.41. The van der Waals surface area contributed by atoms with Crippen LogP contribution in [0.25, 0.3) is 11.4 Å². The summed E-state index contributed by atoms with van der Waals surface area (Å²) in [5, 5.41) is 3.94. The van der Waals surface area contributed by atoms with E-state index in [0.29, 0.717) is 24.8 Å². The first kappa shape index (κ1) is 13.3. The Hall–Kier alpha value is -2.17. The van der Waals surface area contributed by atoms with E-state index in [2.05, 4.69) is 10.1 Å². The number of carbonyl (C=O) groups excluding carboxylic acids is 1. The van der Waals surface area contributed by atoms with E-state index in [1.165, 1.54) is 12.5 Å². The zero-order valence-electron chi connectivity index (χ0n) is 11.4. The van der Waals surface area contributed by atoms with Gasteiger partial charge in [-0.25, -0.2) is 0 Å². The van der Waals surface area contributed by atoms with Crippen molar-refractivity contribution in [3.63, 3.8) is 0 Å². The second kappa shape index (κ2) is 5.65. The third-order valence-corrected chi connectivity index (χ3v) is 2.93. The van der Waals surface area contributed by atoms with Gasteiger partial charge in [0.2, 0.25) is 17.6 Å². The van der Waals surface area contributed by atoms with Gasteiger partial charge in [-0.2, -0.15) is 4.98 Å². The van der Waals surface area contributed by atoms with Gasteiger partial charge in [-0.3, -0.25) is 4.79 Å². The predicted molar refractivity (Wildman–Crippen MR) is 71.2 cm³/mol. The first-order chi connectivity index (χ1) is 9.10. The fraction of sp³-hybridized carbons (Fsp3) is 0.357. The van der Waals surface area contributed by atoms with Crippen molar-refractivity contribution in [1.82, 2.24) is 15.0 Å². The van der Waals surface area contributed by atoms with E-state index in [-0.39, 0.29) is 5.91 Å². The molecule has 1 aromatic carbocycles. The van der Waals surface area contributed by atoms with Crippen molar-refractivity contribution in [1.29, 1.82) is 0 Å². The molecule has 0 aliphatic carbocycles. The number of rotatable bonds is 4. The summed E-state index contributed by atoms with van der Waals surface area (Å²) in [4.78, 5) is 17.3. The molecule has 5 heteroatoms. The smallest absolute Gasteiger partial charge is 0.246 e. The molecule has 0 bridgehead atoms. The minimum Gasteiger partial charge on any atom is -0.337 e. The van der Waals surface area contributed by atoms with Gasteiger partial charge in [-0.1, -0.05) is 35.0 Å². The number of nitrogens with zero attached hydrogens (tertiary/aromatic N) is 3. The SMILES string of the molecule is CCN(Cc1nc(-c2ccc(C)cc2)no1)C(C)=O. The molecule has 1 amide bonds. The lowest BCUT2D eigenvalue weighted by Crippen LogP contribution is -2.27. The molecule has 2 rings (SSSR count). The van der Waals surface area contributed by atoms with Crippen LogP contribution in [-0.2, 0) is 11.3 Å². The lowest BCUT2D eigenvalue weighted by atomic mass is 10.1. The third kappa shape index (κ3) is 3.19. The number of aromatic nitrogens is 2. The van der Waals surface area contributed by atoms with Gasteiger partial charge in [0.05, 0.1) is 6.54 Å². The van der Waals surface area contributed by atoms with Crippen molar-refractivity contribution in [3.8, 4) is 11.4 Å². The fourth-order valence-corrected chi connectivity index (χ4v) is 1.75. The number of carbonyl (C=O) groups is 1. The fourth-order valence-electron chi connectivity index (χ4n) is 1.75. The maximum Gasteiger partial charge on any atom is 0.246 e. The molecule has 0 spiro atoms. The van der Waals surface area contributed by atoms with Crippen molar-refractivity contribution in [2.45, 2.75) is 27.3 Å². The van der Waals surface area contributed by atoms with Crippen LogP contribution in [0.2, 0.25) is 0 Å². The Bertz CT molecular complexity index is 560. The average Bonchev–Trinajstić information content (AvgIpc) is 2.85. The van der Waals surface area contributed by atoms with E-state index in [9.17, 15) is 4.79 Å². The highest BCUT2D eigenvalue weighted by atomic mass is 16.5. The number of amides is 1. The molecule has 0 fully saturated rings. The van der Waals surface area contributed by atoms with Crippen LogP contribution in [0.4, 0.5) is 0 Å². The first-order valence-electron chi connectivity index (χ1n) is 6.25. The molecule has 1 aromatic heterocycles. The molecule has 0 radical (unpaired) electrons. The Labute approximate surface area is 112 Å². The van der Waals surface area contributed by atoms with Crippen molar-refractivity contribution in [2.75, 3.05) is 6.54 Å². The van der Waals surface area contributed by atoms with Gasteiger partial charge in [0.15, 0.2) is 0 Å². The summed E-state index contributed by atoms with van der Waals surface area (Å²) in [6.07, 6.45) is 0. The van der Waals surface area contributed by atoms with Crippen LogP contribution in [0, 0.1) is 6.92 Å². The molecule has 0 saturated carbocycles. The molecular formula is C14H17N3O2. The summed E-state index contributed by atoms with van der Waals surface area (Å²) in [5.41, 5.74) is 2.09. The van der Waals surface area contributed by atoms with Gasteiger partial charge in [0.25, 0.3) is 0 Å². The van der Waals surface area contributed by atoms with Crippen molar-refractivity contribution in [2.24, 2.45) is 0 Å². The topological polar surface area (TPSA) is 59.2 Å². The first-order valence-corrected chi connectivity index (χ1v) is 6.25. The minimum atomic E-state index is -0.00224. The Balaban J connectivity index is 2.15. The zero-order valence-corrected chi connectivity index (χ0v) is 11.4. The summed E-state index contributed by atoms with van der Waals surface area (Å²) in [7, 11) is 0. The van der Waals surface area contributed by atoms with Crippen molar-refractivity contribution < 1.29 is 9.32 Å². The van der Waals surface area contributed by atoms with Gasteiger partial charge >= 0.3 is 0 Å². The number of aryl methyl sites for hydroxylation is 1. The van der Waals surface area contributed by atoms with Gasteiger partial charge in [0, 0.05) is 19.0 Å². The Kier molecular flexibility index (Phi) is 3.94. The van der Waals surface area contributed by atoms with Crippen LogP contribution < -0.4 is 0 Å². The second-order valence-corrected chi connectivity index (χ2v) is 4.41. The average molecular weight is 259 g/mol. The molecule has 0 unspecified atom stereocenters.